The van der Waals surface area contributed by atoms with Gasteiger partial charge in [0.15, 0.2) is 13.1 Å². The molecule has 1 heterocycles. The van der Waals surface area contributed by atoms with Gasteiger partial charge in [-0.25, -0.2) is 0 Å². The average Bonchev–Trinajstić information content (AvgIpc) is 2.30. The van der Waals surface area contributed by atoms with Crippen molar-refractivity contribution in [2.45, 2.75) is 0 Å². The van der Waals surface area contributed by atoms with Gasteiger partial charge in [-0.2, -0.15) is 0 Å². The third kappa shape index (κ3) is 1.22. The van der Waals surface area contributed by atoms with Crippen LogP contribution >= 0.6 is 0 Å². The largest absolute Gasteiger partial charge is 0.289 e. The number of ketones is 1. The summed E-state index contributed by atoms with van der Waals surface area (Å²) in [5.74, 6) is 0.128. The molecule has 0 saturated heterocycles. The summed E-state index contributed by atoms with van der Waals surface area (Å²) in [7, 11) is 2.06. The molecule has 1 nitrogen and oxygen atoms in total. The van der Waals surface area contributed by atoms with Crippen LogP contribution in [-0.4, -0.2) is 13.1 Å². The lowest BCUT2D eigenvalue weighted by atomic mass is 9.56. The Morgan fingerprint density at radius 2 is 1.20 bits per heavy atom. The molecule has 0 aliphatic carbocycles. The maximum absolute atomic E-state index is 12.1. The molecule has 0 amide bonds. The first-order chi connectivity index (χ1) is 7.36. The normalized spacial score (nSPS) is 12.7. The van der Waals surface area contributed by atoms with E-state index in [0.29, 0.717) is 0 Å². The molecule has 1 radical (unpaired) electrons. The molecule has 0 atom stereocenters. The molecule has 0 fully saturated rings. The van der Waals surface area contributed by atoms with Crippen molar-refractivity contribution in [2.75, 3.05) is 0 Å². The molecule has 2 aromatic carbocycles. The van der Waals surface area contributed by atoms with Crippen LogP contribution in [0.3, 0.4) is 0 Å². The van der Waals surface area contributed by atoms with E-state index in [1.807, 2.05) is 48.5 Å². The highest BCUT2D eigenvalue weighted by molar-refractivity contribution is 6.72. The molecule has 69 valence electrons. The van der Waals surface area contributed by atoms with Crippen LogP contribution in [0.1, 0.15) is 15.9 Å². The van der Waals surface area contributed by atoms with E-state index in [-0.39, 0.29) is 5.78 Å². The van der Waals surface area contributed by atoms with Crippen molar-refractivity contribution in [1.82, 2.24) is 0 Å². The molecule has 0 unspecified atom stereocenters. The van der Waals surface area contributed by atoms with Crippen molar-refractivity contribution >= 4 is 24.0 Å². The highest BCUT2D eigenvalue weighted by atomic mass is 16.1. The van der Waals surface area contributed by atoms with Gasteiger partial charge in [-0.05, 0) is 0 Å². The second-order valence-corrected chi connectivity index (χ2v) is 3.65. The standard InChI is InChI=1S/C13H8BO/c15-13-9-5-1-3-7-11(9)14-12-8-4-2-6-10(12)13/h1-8H. The third-order valence-corrected chi connectivity index (χ3v) is 2.72. The number of rotatable bonds is 0. The molecule has 0 saturated carbocycles. The molecule has 15 heavy (non-hydrogen) atoms. The maximum atomic E-state index is 12.1. The van der Waals surface area contributed by atoms with Gasteiger partial charge < -0.3 is 0 Å². The van der Waals surface area contributed by atoms with Gasteiger partial charge in [0.25, 0.3) is 0 Å². The van der Waals surface area contributed by atoms with Crippen LogP contribution in [0.15, 0.2) is 48.5 Å². The van der Waals surface area contributed by atoms with Crippen molar-refractivity contribution in [2.24, 2.45) is 0 Å². The first kappa shape index (κ1) is 8.48. The second-order valence-electron chi connectivity index (χ2n) is 3.65. The lowest BCUT2D eigenvalue weighted by Crippen LogP contribution is -2.40. The predicted molar refractivity (Wildman–Crippen MR) is 61.3 cm³/mol. The number of carbonyl (C=O) groups excluding carboxylic acids is 1. The van der Waals surface area contributed by atoms with E-state index >= 15 is 0 Å². The summed E-state index contributed by atoms with van der Waals surface area (Å²) >= 11 is 0. The Morgan fingerprint density at radius 3 is 1.73 bits per heavy atom. The zero-order valence-corrected chi connectivity index (χ0v) is 8.10. The lowest BCUT2D eigenvalue weighted by molar-refractivity contribution is 0.104. The summed E-state index contributed by atoms with van der Waals surface area (Å²) in [4.78, 5) is 12.1. The fourth-order valence-electron chi connectivity index (χ4n) is 1.97. The Kier molecular flexibility index (Phi) is 1.75. The topological polar surface area (TPSA) is 17.1 Å². The highest BCUT2D eigenvalue weighted by Crippen LogP contribution is 2.09. The van der Waals surface area contributed by atoms with Crippen LogP contribution < -0.4 is 10.9 Å². The Morgan fingerprint density at radius 1 is 0.733 bits per heavy atom. The number of hydrogen-bond donors (Lipinski definition) is 0. The van der Waals surface area contributed by atoms with E-state index in [9.17, 15) is 4.79 Å². The van der Waals surface area contributed by atoms with Gasteiger partial charge in [0.1, 0.15) is 0 Å². The van der Waals surface area contributed by atoms with Gasteiger partial charge in [0, 0.05) is 11.1 Å². The van der Waals surface area contributed by atoms with E-state index < -0.39 is 0 Å². The Bertz CT molecular complexity index is 498. The molecule has 2 heteroatoms. The Balaban J connectivity index is 2.24. The second kappa shape index (κ2) is 3.09. The minimum atomic E-state index is 0.128. The van der Waals surface area contributed by atoms with Crippen molar-refractivity contribution in [3.05, 3.63) is 59.7 Å². The summed E-state index contributed by atoms with van der Waals surface area (Å²) in [5.41, 5.74) is 3.63. The number of fused-ring (bicyclic) bond motifs is 2. The van der Waals surface area contributed by atoms with Gasteiger partial charge in [-0.15, -0.1) is 0 Å². The minimum Gasteiger partial charge on any atom is -0.289 e. The molecule has 0 aromatic heterocycles. The van der Waals surface area contributed by atoms with Crippen LogP contribution in [0.25, 0.3) is 0 Å². The molecule has 1 aliphatic rings. The molecule has 2 aromatic rings. The van der Waals surface area contributed by atoms with Crippen molar-refractivity contribution < 1.29 is 4.79 Å². The summed E-state index contributed by atoms with van der Waals surface area (Å²) < 4.78 is 0. The van der Waals surface area contributed by atoms with Crippen LogP contribution in [0.4, 0.5) is 0 Å². The zero-order valence-electron chi connectivity index (χ0n) is 8.10. The first-order valence-electron chi connectivity index (χ1n) is 4.94. The summed E-state index contributed by atoms with van der Waals surface area (Å²) in [6.07, 6.45) is 0. The summed E-state index contributed by atoms with van der Waals surface area (Å²) in [6, 6.07) is 15.4. The first-order valence-corrected chi connectivity index (χ1v) is 4.94. The Hall–Kier alpha value is -1.83. The van der Waals surface area contributed by atoms with E-state index in [2.05, 4.69) is 7.28 Å². The van der Waals surface area contributed by atoms with E-state index in [0.717, 1.165) is 22.1 Å². The van der Waals surface area contributed by atoms with Crippen LogP contribution in [-0.2, 0) is 0 Å². The van der Waals surface area contributed by atoms with E-state index in [4.69, 9.17) is 0 Å². The quantitative estimate of drug-likeness (QED) is 0.482. The summed E-state index contributed by atoms with van der Waals surface area (Å²) in [6.45, 7) is 0. The SMILES string of the molecule is O=C1c2ccccc2[B]c2ccccc21. The number of carbonyl (C=O) groups is 1. The Labute approximate surface area is 89.0 Å². The number of benzene rings is 2. The minimum absolute atomic E-state index is 0.128. The molecule has 3 rings (SSSR count). The van der Waals surface area contributed by atoms with E-state index in [1.165, 1.54) is 0 Å². The van der Waals surface area contributed by atoms with E-state index in [1.54, 1.807) is 0 Å². The van der Waals surface area contributed by atoms with Gasteiger partial charge >= 0.3 is 0 Å². The van der Waals surface area contributed by atoms with Crippen LogP contribution in [0.5, 0.6) is 0 Å². The molecular formula is C13H8BO. The van der Waals surface area contributed by atoms with Crippen molar-refractivity contribution in [1.29, 1.82) is 0 Å². The summed E-state index contributed by atoms with van der Waals surface area (Å²) in [5, 5.41) is 0. The molecule has 0 N–H and O–H groups in total. The third-order valence-electron chi connectivity index (χ3n) is 2.72. The molecule has 1 aliphatic heterocycles. The average molecular weight is 191 g/mol. The van der Waals surface area contributed by atoms with Gasteiger partial charge in [0.2, 0.25) is 0 Å². The maximum Gasteiger partial charge on any atom is 0.193 e. The van der Waals surface area contributed by atoms with Crippen molar-refractivity contribution in [3.63, 3.8) is 0 Å². The van der Waals surface area contributed by atoms with Crippen LogP contribution in [0.2, 0.25) is 0 Å². The molecular weight excluding hydrogens is 183 g/mol. The number of hydrogen-bond acceptors (Lipinski definition) is 1. The predicted octanol–water partition coefficient (Wildman–Crippen LogP) is 0.886. The highest BCUT2D eigenvalue weighted by Gasteiger charge is 2.22. The van der Waals surface area contributed by atoms with Gasteiger partial charge in [-0.3, -0.25) is 4.79 Å². The van der Waals surface area contributed by atoms with Crippen molar-refractivity contribution in [3.8, 4) is 0 Å². The zero-order chi connectivity index (χ0) is 10.3. The lowest BCUT2D eigenvalue weighted by Gasteiger charge is -2.16. The van der Waals surface area contributed by atoms with Crippen LogP contribution in [0, 0.1) is 0 Å². The fourth-order valence-corrected chi connectivity index (χ4v) is 1.97. The fraction of sp³-hybridized carbons (Fsp3) is 0. The monoisotopic (exact) mass is 191 g/mol. The molecule has 0 bridgehead atoms. The molecule has 0 spiro atoms. The van der Waals surface area contributed by atoms with Gasteiger partial charge in [-0.1, -0.05) is 59.5 Å². The smallest absolute Gasteiger partial charge is 0.193 e. The van der Waals surface area contributed by atoms with Gasteiger partial charge in [0.05, 0.1) is 0 Å².